The monoisotopic (exact) mass is 302 g/mol. The first-order valence-electron chi connectivity index (χ1n) is 5.85. The molecular formula is C13H7ClN4O3. The summed E-state index contributed by atoms with van der Waals surface area (Å²) in [6, 6.07) is 9.50. The number of hydrogen-bond donors (Lipinski definition) is 0. The van der Waals surface area contributed by atoms with Crippen molar-refractivity contribution in [3.8, 4) is 22.8 Å². The van der Waals surface area contributed by atoms with Gasteiger partial charge < -0.3 is 4.52 Å². The summed E-state index contributed by atoms with van der Waals surface area (Å²) in [6.07, 6.45) is 1.54. The SMILES string of the molecule is O=[N+]([O-])c1ccccc1-c1nc(-c2cccnc2Cl)no1. The second-order valence-electron chi connectivity index (χ2n) is 4.04. The van der Waals surface area contributed by atoms with Gasteiger partial charge in [0.2, 0.25) is 5.82 Å². The summed E-state index contributed by atoms with van der Waals surface area (Å²) < 4.78 is 5.10. The Morgan fingerprint density at radius 2 is 1.90 bits per heavy atom. The summed E-state index contributed by atoms with van der Waals surface area (Å²) in [6.45, 7) is 0. The number of benzene rings is 1. The highest BCUT2D eigenvalue weighted by atomic mass is 35.5. The van der Waals surface area contributed by atoms with Gasteiger partial charge in [-0.1, -0.05) is 28.9 Å². The van der Waals surface area contributed by atoms with E-state index in [4.69, 9.17) is 16.1 Å². The molecule has 0 aliphatic carbocycles. The zero-order valence-corrected chi connectivity index (χ0v) is 11.2. The maximum Gasteiger partial charge on any atom is 0.282 e. The summed E-state index contributed by atoms with van der Waals surface area (Å²) >= 11 is 5.95. The van der Waals surface area contributed by atoms with Crippen LogP contribution < -0.4 is 0 Å². The molecule has 0 spiro atoms. The van der Waals surface area contributed by atoms with Crippen molar-refractivity contribution < 1.29 is 9.45 Å². The van der Waals surface area contributed by atoms with E-state index in [2.05, 4.69) is 15.1 Å². The van der Waals surface area contributed by atoms with Crippen LogP contribution in [0.4, 0.5) is 5.69 Å². The molecule has 2 aromatic heterocycles. The number of nitro groups is 1. The van der Waals surface area contributed by atoms with Crippen molar-refractivity contribution >= 4 is 17.3 Å². The van der Waals surface area contributed by atoms with Crippen LogP contribution in [0.2, 0.25) is 5.15 Å². The Morgan fingerprint density at radius 1 is 1.14 bits per heavy atom. The van der Waals surface area contributed by atoms with Crippen molar-refractivity contribution in [3.05, 3.63) is 57.9 Å². The van der Waals surface area contributed by atoms with E-state index in [-0.39, 0.29) is 28.1 Å². The van der Waals surface area contributed by atoms with Crippen LogP contribution in [0.15, 0.2) is 47.1 Å². The average molecular weight is 303 g/mol. The van der Waals surface area contributed by atoms with Gasteiger partial charge >= 0.3 is 0 Å². The highest BCUT2D eigenvalue weighted by Gasteiger charge is 2.20. The second kappa shape index (κ2) is 5.29. The third-order valence-electron chi connectivity index (χ3n) is 2.76. The Balaban J connectivity index is 2.08. The van der Waals surface area contributed by atoms with E-state index in [0.29, 0.717) is 5.56 Å². The van der Waals surface area contributed by atoms with E-state index in [0.717, 1.165) is 0 Å². The fourth-order valence-electron chi connectivity index (χ4n) is 1.81. The van der Waals surface area contributed by atoms with Crippen molar-refractivity contribution in [3.63, 3.8) is 0 Å². The number of nitrogens with zero attached hydrogens (tertiary/aromatic N) is 4. The predicted octanol–water partition coefficient (Wildman–Crippen LogP) is 3.36. The van der Waals surface area contributed by atoms with Gasteiger partial charge in [-0.3, -0.25) is 10.1 Å². The Bertz CT molecular complexity index is 818. The van der Waals surface area contributed by atoms with Crippen molar-refractivity contribution in [1.82, 2.24) is 15.1 Å². The number of aromatic nitrogens is 3. The first kappa shape index (κ1) is 13.2. The molecule has 1 aromatic carbocycles. The molecule has 0 saturated heterocycles. The first-order chi connectivity index (χ1) is 10.2. The van der Waals surface area contributed by atoms with Gasteiger partial charge in [0.1, 0.15) is 10.7 Å². The normalized spacial score (nSPS) is 10.5. The molecule has 8 heteroatoms. The van der Waals surface area contributed by atoms with Crippen LogP contribution >= 0.6 is 11.6 Å². The fourth-order valence-corrected chi connectivity index (χ4v) is 2.01. The number of para-hydroxylation sites is 1. The molecule has 0 aliphatic heterocycles. The lowest BCUT2D eigenvalue weighted by atomic mass is 10.2. The molecule has 21 heavy (non-hydrogen) atoms. The predicted molar refractivity (Wildman–Crippen MR) is 74.6 cm³/mol. The van der Waals surface area contributed by atoms with Gasteiger partial charge in [-0.2, -0.15) is 4.98 Å². The summed E-state index contributed by atoms with van der Waals surface area (Å²) in [5, 5.41) is 15.0. The molecule has 104 valence electrons. The molecule has 0 amide bonds. The largest absolute Gasteiger partial charge is 0.333 e. The van der Waals surface area contributed by atoms with E-state index >= 15 is 0 Å². The molecule has 0 N–H and O–H groups in total. The maximum absolute atomic E-state index is 11.0. The fraction of sp³-hybridized carbons (Fsp3) is 0. The molecule has 7 nitrogen and oxygen atoms in total. The number of nitro benzene ring substituents is 1. The Hall–Kier alpha value is -2.80. The van der Waals surface area contributed by atoms with Gasteiger partial charge in [0.15, 0.2) is 0 Å². The minimum Gasteiger partial charge on any atom is -0.333 e. The van der Waals surface area contributed by atoms with Crippen LogP contribution in [0.1, 0.15) is 0 Å². The summed E-state index contributed by atoms with van der Waals surface area (Å²) in [4.78, 5) is 18.6. The highest BCUT2D eigenvalue weighted by Crippen LogP contribution is 2.30. The molecule has 0 fully saturated rings. The van der Waals surface area contributed by atoms with Crippen molar-refractivity contribution in [2.24, 2.45) is 0 Å². The quantitative estimate of drug-likeness (QED) is 0.418. The molecular weight excluding hydrogens is 296 g/mol. The number of halogens is 1. The smallest absolute Gasteiger partial charge is 0.282 e. The lowest BCUT2D eigenvalue weighted by Gasteiger charge is -1.96. The van der Waals surface area contributed by atoms with Crippen LogP contribution in [0.5, 0.6) is 0 Å². The Labute approximate surface area is 123 Å². The standard InChI is InChI=1S/C13H7ClN4O3/c14-11-9(5-3-7-15-11)12-16-13(21-17-12)8-4-1-2-6-10(8)18(19)20/h1-7H. The molecule has 0 radical (unpaired) electrons. The van der Waals surface area contributed by atoms with Gasteiger partial charge in [-0.15, -0.1) is 0 Å². The van der Waals surface area contributed by atoms with E-state index in [1.165, 1.54) is 12.3 Å². The summed E-state index contributed by atoms with van der Waals surface area (Å²) in [5.41, 5.74) is 0.638. The van der Waals surface area contributed by atoms with Gasteiger partial charge in [0.25, 0.3) is 11.6 Å². The minimum absolute atomic E-state index is 0.0530. The Morgan fingerprint density at radius 3 is 2.67 bits per heavy atom. The van der Waals surface area contributed by atoms with E-state index in [1.54, 1.807) is 30.3 Å². The molecule has 0 atom stereocenters. The van der Waals surface area contributed by atoms with E-state index < -0.39 is 4.92 Å². The van der Waals surface area contributed by atoms with Gasteiger partial charge in [-0.25, -0.2) is 4.98 Å². The van der Waals surface area contributed by atoms with Crippen molar-refractivity contribution in [2.45, 2.75) is 0 Å². The maximum atomic E-state index is 11.0. The zero-order chi connectivity index (χ0) is 14.8. The lowest BCUT2D eigenvalue weighted by molar-refractivity contribution is -0.384. The topological polar surface area (TPSA) is 95.0 Å². The minimum atomic E-state index is -0.504. The summed E-state index contributed by atoms with van der Waals surface area (Å²) in [5.74, 6) is 0.276. The second-order valence-corrected chi connectivity index (χ2v) is 4.40. The van der Waals surface area contributed by atoms with Crippen molar-refractivity contribution in [2.75, 3.05) is 0 Å². The molecule has 3 rings (SSSR count). The van der Waals surface area contributed by atoms with Gasteiger partial charge in [-0.05, 0) is 18.2 Å². The molecule has 0 unspecified atom stereocenters. The highest BCUT2D eigenvalue weighted by molar-refractivity contribution is 6.31. The third kappa shape index (κ3) is 2.46. The van der Waals surface area contributed by atoms with Crippen LogP contribution in [0.3, 0.4) is 0 Å². The average Bonchev–Trinajstić information content (AvgIpc) is 2.97. The molecule has 2 heterocycles. The van der Waals surface area contributed by atoms with Crippen molar-refractivity contribution in [1.29, 1.82) is 0 Å². The van der Waals surface area contributed by atoms with Gasteiger partial charge in [0.05, 0.1) is 10.5 Å². The first-order valence-corrected chi connectivity index (χ1v) is 6.23. The van der Waals surface area contributed by atoms with E-state index in [1.807, 2.05) is 0 Å². The molecule has 0 saturated carbocycles. The van der Waals surface area contributed by atoms with Gasteiger partial charge in [0, 0.05) is 12.3 Å². The molecule has 0 aliphatic rings. The zero-order valence-electron chi connectivity index (χ0n) is 10.4. The third-order valence-corrected chi connectivity index (χ3v) is 3.06. The number of pyridine rings is 1. The van der Waals surface area contributed by atoms with Crippen LogP contribution in [0, 0.1) is 10.1 Å². The van der Waals surface area contributed by atoms with Crippen LogP contribution in [0.25, 0.3) is 22.8 Å². The van der Waals surface area contributed by atoms with Crippen LogP contribution in [-0.2, 0) is 0 Å². The Kier molecular flexibility index (Phi) is 3.33. The number of hydrogen-bond acceptors (Lipinski definition) is 6. The lowest BCUT2D eigenvalue weighted by Crippen LogP contribution is -1.91. The molecule has 0 bridgehead atoms. The molecule has 3 aromatic rings. The van der Waals surface area contributed by atoms with Crippen LogP contribution in [-0.4, -0.2) is 20.0 Å². The number of rotatable bonds is 3. The summed E-state index contributed by atoms with van der Waals surface area (Å²) in [7, 11) is 0. The van der Waals surface area contributed by atoms with E-state index in [9.17, 15) is 10.1 Å².